The summed E-state index contributed by atoms with van der Waals surface area (Å²) in [6.45, 7) is 4.48. The topological polar surface area (TPSA) is 61.0 Å². The van der Waals surface area contributed by atoms with Crippen molar-refractivity contribution in [3.63, 3.8) is 0 Å². The zero-order valence-electron chi connectivity index (χ0n) is 13.6. The van der Waals surface area contributed by atoms with Crippen LogP contribution in [0.4, 0.5) is 5.69 Å². The number of H-pyrrole nitrogens is 1. The third-order valence-electron chi connectivity index (χ3n) is 4.47. The summed E-state index contributed by atoms with van der Waals surface area (Å²) in [5.74, 6) is -0.0355. The molecular formula is C18H24N4O. The van der Waals surface area contributed by atoms with Gasteiger partial charge >= 0.3 is 0 Å². The summed E-state index contributed by atoms with van der Waals surface area (Å²) < 4.78 is 0. The molecule has 23 heavy (non-hydrogen) atoms. The van der Waals surface area contributed by atoms with Crippen LogP contribution in [0.15, 0.2) is 36.5 Å². The number of nitrogens with one attached hydrogen (secondary N) is 2. The number of anilines is 1. The van der Waals surface area contributed by atoms with Gasteiger partial charge in [-0.25, -0.2) is 0 Å². The second kappa shape index (κ2) is 7.42. The molecular weight excluding hydrogens is 288 g/mol. The average molecular weight is 312 g/mol. The van der Waals surface area contributed by atoms with E-state index in [4.69, 9.17) is 0 Å². The fraction of sp³-hybridized carbons (Fsp3) is 0.444. The SMILES string of the molecule is CC1CCCCN1Cc1ccc(NC(=O)Cc2ccn[nH]2)cc1. The predicted molar refractivity (Wildman–Crippen MR) is 91.1 cm³/mol. The summed E-state index contributed by atoms with van der Waals surface area (Å²) >= 11 is 0. The molecule has 122 valence electrons. The molecule has 0 radical (unpaired) electrons. The van der Waals surface area contributed by atoms with E-state index >= 15 is 0 Å². The highest BCUT2D eigenvalue weighted by atomic mass is 16.1. The van der Waals surface area contributed by atoms with Gasteiger partial charge in [0, 0.05) is 30.2 Å². The van der Waals surface area contributed by atoms with Gasteiger partial charge in [-0.2, -0.15) is 5.10 Å². The number of hydrogen-bond donors (Lipinski definition) is 2. The zero-order valence-corrected chi connectivity index (χ0v) is 13.6. The van der Waals surface area contributed by atoms with Crippen molar-refractivity contribution in [2.45, 2.75) is 45.2 Å². The first-order chi connectivity index (χ1) is 11.2. The van der Waals surface area contributed by atoms with Crippen LogP contribution in [0.3, 0.4) is 0 Å². The lowest BCUT2D eigenvalue weighted by Crippen LogP contribution is -2.36. The maximum Gasteiger partial charge on any atom is 0.230 e. The Morgan fingerprint density at radius 2 is 2.13 bits per heavy atom. The number of aromatic nitrogens is 2. The van der Waals surface area contributed by atoms with Gasteiger partial charge in [-0.05, 0) is 50.1 Å². The number of carbonyl (C=O) groups is 1. The van der Waals surface area contributed by atoms with Crippen LogP contribution in [0.1, 0.15) is 37.4 Å². The number of likely N-dealkylation sites (tertiary alicyclic amines) is 1. The number of amides is 1. The number of hydrogen-bond acceptors (Lipinski definition) is 3. The molecule has 1 aliphatic heterocycles. The normalized spacial score (nSPS) is 18.7. The van der Waals surface area contributed by atoms with E-state index in [-0.39, 0.29) is 5.91 Å². The summed E-state index contributed by atoms with van der Waals surface area (Å²) in [6, 6.07) is 10.6. The maximum absolute atomic E-state index is 12.0. The summed E-state index contributed by atoms with van der Waals surface area (Å²) in [6.07, 6.45) is 5.90. The van der Waals surface area contributed by atoms with Crippen LogP contribution >= 0.6 is 0 Å². The third-order valence-corrected chi connectivity index (χ3v) is 4.47. The average Bonchev–Trinajstić information content (AvgIpc) is 3.04. The molecule has 1 aliphatic rings. The smallest absolute Gasteiger partial charge is 0.230 e. The number of nitrogens with zero attached hydrogens (tertiary/aromatic N) is 2. The van der Waals surface area contributed by atoms with Crippen molar-refractivity contribution in [1.82, 2.24) is 15.1 Å². The van der Waals surface area contributed by atoms with Crippen LogP contribution in [0, 0.1) is 0 Å². The molecule has 5 nitrogen and oxygen atoms in total. The van der Waals surface area contributed by atoms with Crippen LogP contribution in [0.2, 0.25) is 0 Å². The van der Waals surface area contributed by atoms with Crippen LogP contribution in [-0.2, 0) is 17.8 Å². The molecule has 1 amide bonds. The molecule has 3 rings (SSSR count). The number of aromatic amines is 1. The Morgan fingerprint density at radius 3 is 2.83 bits per heavy atom. The molecule has 1 fully saturated rings. The minimum absolute atomic E-state index is 0.0355. The van der Waals surface area contributed by atoms with E-state index < -0.39 is 0 Å². The Hall–Kier alpha value is -2.14. The van der Waals surface area contributed by atoms with E-state index in [2.05, 4.69) is 39.5 Å². The fourth-order valence-corrected chi connectivity index (χ4v) is 3.08. The summed E-state index contributed by atoms with van der Waals surface area (Å²) in [5, 5.41) is 9.56. The Balaban J connectivity index is 1.53. The zero-order chi connectivity index (χ0) is 16.1. The van der Waals surface area contributed by atoms with Gasteiger partial charge in [0.25, 0.3) is 0 Å². The molecule has 0 spiro atoms. The van der Waals surface area contributed by atoms with Crippen molar-refractivity contribution in [3.8, 4) is 0 Å². The van der Waals surface area contributed by atoms with E-state index in [1.54, 1.807) is 6.20 Å². The van der Waals surface area contributed by atoms with Crippen molar-refractivity contribution in [2.24, 2.45) is 0 Å². The maximum atomic E-state index is 12.0. The van der Waals surface area contributed by atoms with E-state index in [1.807, 2.05) is 18.2 Å². The van der Waals surface area contributed by atoms with E-state index in [0.29, 0.717) is 12.5 Å². The Kier molecular flexibility index (Phi) is 5.08. The van der Waals surface area contributed by atoms with Gasteiger partial charge in [0.1, 0.15) is 0 Å². The minimum atomic E-state index is -0.0355. The summed E-state index contributed by atoms with van der Waals surface area (Å²) in [5.41, 5.74) is 2.95. The molecule has 1 aromatic heterocycles. The molecule has 2 aromatic rings. The quantitative estimate of drug-likeness (QED) is 0.892. The van der Waals surface area contributed by atoms with E-state index in [1.165, 1.54) is 31.4 Å². The molecule has 5 heteroatoms. The van der Waals surface area contributed by atoms with Gasteiger partial charge < -0.3 is 5.32 Å². The second-order valence-corrected chi connectivity index (χ2v) is 6.32. The van der Waals surface area contributed by atoms with Gasteiger partial charge in [-0.15, -0.1) is 0 Å². The number of piperidine rings is 1. The van der Waals surface area contributed by atoms with Gasteiger partial charge in [0.2, 0.25) is 5.91 Å². The largest absolute Gasteiger partial charge is 0.326 e. The van der Waals surface area contributed by atoms with Crippen molar-refractivity contribution in [3.05, 3.63) is 47.8 Å². The highest BCUT2D eigenvalue weighted by molar-refractivity contribution is 5.91. The van der Waals surface area contributed by atoms with Crippen molar-refractivity contribution in [1.29, 1.82) is 0 Å². The van der Waals surface area contributed by atoms with Crippen molar-refractivity contribution < 1.29 is 4.79 Å². The molecule has 0 bridgehead atoms. The van der Waals surface area contributed by atoms with E-state index in [9.17, 15) is 4.79 Å². The van der Waals surface area contributed by atoms with Crippen LogP contribution in [0.25, 0.3) is 0 Å². The highest BCUT2D eigenvalue weighted by Crippen LogP contribution is 2.20. The lowest BCUT2D eigenvalue weighted by molar-refractivity contribution is -0.115. The Morgan fingerprint density at radius 1 is 1.30 bits per heavy atom. The van der Waals surface area contributed by atoms with Crippen LogP contribution in [0.5, 0.6) is 0 Å². The Bertz CT molecular complexity index is 621. The second-order valence-electron chi connectivity index (χ2n) is 6.32. The van der Waals surface area contributed by atoms with Gasteiger partial charge in [0.15, 0.2) is 0 Å². The first kappa shape index (κ1) is 15.7. The monoisotopic (exact) mass is 312 g/mol. The van der Waals surface area contributed by atoms with Gasteiger partial charge in [-0.3, -0.25) is 14.8 Å². The number of rotatable bonds is 5. The fourth-order valence-electron chi connectivity index (χ4n) is 3.08. The predicted octanol–water partition coefficient (Wildman–Crippen LogP) is 2.97. The number of benzene rings is 1. The number of carbonyl (C=O) groups excluding carboxylic acids is 1. The molecule has 1 atom stereocenters. The first-order valence-electron chi connectivity index (χ1n) is 8.32. The highest BCUT2D eigenvalue weighted by Gasteiger charge is 2.17. The molecule has 2 N–H and O–H groups in total. The first-order valence-corrected chi connectivity index (χ1v) is 8.32. The third kappa shape index (κ3) is 4.42. The molecule has 0 aliphatic carbocycles. The molecule has 0 saturated carbocycles. The molecule has 2 heterocycles. The van der Waals surface area contributed by atoms with E-state index in [0.717, 1.165) is 17.9 Å². The van der Waals surface area contributed by atoms with Crippen molar-refractivity contribution >= 4 is 11.6 Å². The Labute approximate surface area is 137 Å². The van der Waals surface area contributed by atoms with Crippen LogP contribution in [-0.4, -0.2) is 33.6 Å². The lowest BCUT2D eigenvalue weighted by atomic mass is 10.0. The molecule has 1 unspecified atom stereocenters. The lowest BCUT2D eigenvalue weighted by Gasteiger charge is -2.33. The van der Waals surface area contributed by atoms with Crippen LogP contribution < -0.4 is 5.32 Å². The van der Waals surface area contributed by atoms with Gasteiger partial charge in [0.05, 0.1) is 6.42 Å². The molecule has 1 aromatic carbocycles. The van der Waals surface area contributed by atoms with Gasteiger partial charge in [-0.1, -0.05) is 18.6 Å². The summed E-state index contributed by atoms with van der Waals surface area (Å²) in [4.78, 5) is 14.5. The summed E-state index contributed by atoms with van der Waals surface area (Å²) in [7, 11) is 0. The standard InChI is InChI=1S/C18H24N4O/c1-14-4-2-3-11-22(14)13-15-5-7-16(8-6-15)20-18(23)12-17-9-10-19-21-17/h5-10,14H,2-4,11-13H2,1H3,(H,19,21)(H,20,23). The minimum Gasteiger partial charge on any atom is -0.326 e. The van der Waals surface area contributed by atoms with Crippen molar-refractivity contribution in [2.75, 3.05) is 11.9 Å². The molecule has 1 saturated heterocycles.